The predicted molar refractivity (Wildman–Crippen MR) is 288 cm³/mol. The average molecular weight is 873 g/mol. The summed E-state index contributed by atoms with van der Waals surface area (Å²) in [6.07, 6.45) is 10.2. The summed E-state index contributed by atoms with van der Waals surface area (Å²) in [6, 6.07) is 58.4. The van der Waals surface area contributed by atoms with E-state index in [4.69, 9.17) is 4.42 Å². The zero-order valence-electron chi connectivity index (χ0n) is 40.2. The number of para-hydroxylation sites is 1. The molecule has 0 saturated heterocycles. The van der Waals surface area contributed by atoms with Crippen LogP contribution in [0.5, 0.6) is 0 Å². The Morgan fingerprint density at radius 1 is 0.463 bits per heavy atom. The molecular weight excluding hydrogens is 812 g/mol. The second-order valence-corrected chi connectivity index (χ2v) is 19.4. The van der Waals surface area contributed by atoms with Crippen LogP contribution in [0.2, 0.25) is 0 Å². The molecule has 3 heterocycles. The van der Waals surface area contributed by atoms with Gasteiger partial charge in [0.25, 0.3) is 0 Å². The van der Waals surface area contributed by atoms with Crippen molar-refractivity contribution in [1.82, 2.24) is 0 Å². The molecule has 0 atom stereocenters. The van der Waals surface area contributed by atoms with Crippen molar-refractivity contribution in [1.29, 1.82) is 0 Å². The lowest BCUT2D eigenvalue weighted by atomic mass is 9.43. The first-order valence-electron chi connectivity index (χ1n) is 25.0. The molecule has 0 spiro atoms. The Morgan fingerprint density at radius 3 is 1.79 bits per heavy atom. The van der Waals surface area contributed by atoms with Gasteiger partial charge in [-0.2, -0.15) is 0 Å². The van der Waals surface area contributed by atoms with Gasteiger partial charge < -0.3 is 14.1 Å². The van der Waals surface area contributed by atoms with Crippen LogP contribution in [0.15, 0.2) is 156 Å². The van der Waals surface area contributed by atoms with Crippen molar-refractivity contribution in [3.8, 4) is 33.4 Å². The normalized spacial score (nSPS) is 12.8. The topological polar surface area (TPSA) is 19.6 Å². The van der Waals surface area contributed by atoms with Gasteiger partial charge in [-0.15, -0.1) is 0 Å². The largest absolute Gasteiger partial charge is 0.456 e. The Bertz CT molecular complexity index is 3280. The summed E-state index contributed by atoms with van der Waals surface area (Å²) < 4.78 is 6.83. The molecule has 4 heteroatoms. The zero-order valence-corrected chi connectivity index (χ0v) is 40.2. The van der Waals surface area contributed by atoms with Gasteiger partial charge in [0.1, 0.15) is 11.2 Å². The first kappa shape index (κ1) is 42.8. The first-order chi connectivity index (χ1) is 32.8. The van der Waals surface area contributed by atoms with E-state index in [1.807, 2.05) is 0 Å². The predicted octanol–water partition coefficient (Wildman–Crippen LogP) is 16.6. The Hall–Kier alpha value is -6.78. The molecule has 2 aliphatic rings. The molecule has 0 N–H and O–H groups in total. The zero-order chi connectivity index (χ0) is 45.8. The number of furan rings is 1. The summed E-state index contributed by atoms with van der Waals surface area (Å²) in [4.78, 5) is 5.29. The standard InChI is InChI=1S/C63H61BN2O/c1-7-10-18-44-25-29-49(30-26-44)66-57-32-28-46(20-12-9-3)36-52(57)54-37-48(62-42(5)33-41(4)34-43(62)6)38-59-63(54)64(66)55-39-53-50-23-16-17-24-60(50)67-61(53)40-58(55)65(59)56-31-27-45(19-11-8-2)35-51(56)47-21-14-13-15-22-47/h13-17,21-40H,7-12,18-20H2,1-6H3. The Morgan fingerprint density at radius 2 is 1.09 bits per heavy atom. The van der Waals surface area contributed by atoms with Gasteiger partial charge in [-0.05, 0) is 175 Å². The van der Waals surface area contributed by atoms with Crippen molar-refractivity contribution in [2.45, 2.75) is 99.3 Å². The van der Waals surface area contributed by atoms with Gasteiger partial charge in [0.15, 0.2) is 0 Å². The monoisotopic (exact) mass is 872 g/mol. The molecule has 11 rings (SSSR count). The molecule has 0 saturated carbocycles. The molecule has 0 aliphatic carbocycles. The van der Waals surface area contributed by atoms with Gasteiger partial charge in [-0.25, -0.2) is 0 Å². The molecule has 2 aliphatic heterocycles. The molecule has 0 radical (unpaired) electrons. The average Bonchev–Trinajstić information content (AvgIpc) is 3.71. The molecule has 9 aromatic rings. The third-order valence-electron chi connectivity index (χ3n) is 14.6. The molecular formula is C63H61BN2O. The van der Waals surface area contributed by atoms with Crippen LogP contribution in [0, 0.1) is 20.8 Å². The van der Waals surface area contributed by atoms with Crippen LogP contribution < -0.4 is 20.6 Å². The summed E-state index contributed by atoms with van der Waals surface area (Å²) >= 11 is 0. The molecule has 0 fully saturated rings. The fourth-order valence-corrected chi connectivity index (χ4v) is 11.5. The maximum atomic E-state index is 6.83. The SMILES string of the molecule is CCCCc1ccc(N2B3c4cc5c(cc4N(c4ccc(CCCC)cc4-c4ccccc4)c4cc(-c6c(C)cc(C)cc6C)cc(c43)-c3cc(CCCC)ccc32)oc2ccccc25)cc1. The number of unbranched alkanes of at least 4 members (excludes halogenated alkanes) is 3. The Kier molecular flexibility index (Phi) is 11.4. The second kappa shape index (κ2) is 17.8. The van der Waals surface area contributed by atoms with Crippen molar-refractivity contribution in [3.05, 3.63) is 185 Å². The van der Waals surface area contributed by atoms with Crippen LogP contribution >= 0.6 is 0 Å². The van der Waals surface area contributed by atoms with Crippen molar-refractivity contribution in [2.24, 2.45) is 0 Å². The lowest BCUT2D eigenvalue weighted by Crippen LogP contribution is -2.61. The fourth-order valence-electron chi connectivity index (χ4n) is 11.5. The molecule has 0 unspecified atom stereocenters. The fraction of sp³-hybridized carbons (Fsp3) is 0.238. The van der Waals surface area contributed by atoms with Crippen LogP contribution in [0.4, 0.5) is 28.4 Å². The van der Waals surface area contributed by atoms with E-state index in [-0.39, 0.29) is 6.85 Å². The Labute approximate surface area is 398 Å². The van der Waals surface area contributed by atoms with Crippen molar-refractivity contribution in [3.63, 3.8) is 0 Å². The van der Waals surface area contributed by atoms with Crippen LogP contribution in [-0.2, 0) is 19.3 Å². The Balaban J connectivity index is 1.28. The van der Waals surface area contributed by atoms with E-state index in [0.717, 1.165) is 72.6 Å². The van der Waals surface area contributed by atoms with Gasteiger partial charge >= 0.3 is 6.85 Å². The van der Waals surface area contributed by atoms with Crippen molar-refractivity contribution >= 4 is 68.1 Å². The third-order valence-corrected chi connectivity index (χ3v) is 14.6. The van der Waals surface area contributed by atoms with Gasteiger partial charge in [0, 0.05) is 50.7 Å². The van der Waals surface area contributed by atoms with E-state index in [2.05, 4.69) is 203 Å². The minimum atomic E-state index is -0.122. The smallest absolute Gasteiger partial charge is 0.333 e. The number of rotatable bonds is 13. The highest BCUT2D eigenvalue weighted by molar-refractivity contribution is 6.93. The lowest BCUT2D eigenvalue weighted by molar-refractivity contribution is 0.669. The van der Waals surface area contributed by atoms with Crippen molar-refractivity contribution < 1.29 is 4.42 Å². The number of aryl methyl sites for hydroxylation is 6. The summed E-state index contributed by atoms with van der Waals surface area (Å²) in [5.41, 5.74) is 26.1. The van der Waals surface area contributed by atoms with Gasteiger partial charge in [-0.3, -0.25) is 0 Å². The number of hydrogen-bond donors (Lipinski definition) is 0. The number of benzene rings is 8. The summed E-state index contributed by atoms with van der Waals surface area (Å²) in [7, 11) is 0. The third kappa shape index (κ3) is 7.55. The van der Waals surface area contributed by atoms with E-state index >= 15 is 0 Å². The van der Waals surface area contributed by atoms with E-state index in [0.29, 0.717) is 0 Å². The highest BCUT2D eigenvalue weighted by atomic mass is 16.3. The molecule has 67 heavy (non-hydrogen) atoms. The second-order valence-electron chi connectivity index (χ2n) is 19.4. The maximum Gasteiger partial charge on any atom is 0.333 e. The number of hydrogen-bond acceptors (Lipinski definition) is 3. The summed E-state index contributed by atoms with van der Waals surface area (Å²) in [5, 5.41) is 2.29. The quantitative estimate of drug-likeness (QED) is 0.108. The summed E-state index contributed by atoms with van der Waals surface area (Å²) in [6.45, 7) is 13.5. The van der Waals surface area contributed by atoms with Crippen LogP contribution in [0.3, 0.4) is 0 Å². The molecule has 1 aromatic heterocycles. The number of fused-ring (bicyclic) bond motifs is 7. The van der Waals surface area contributed by atoms with Crippen LogP contribution in [-0.4, -0.2) is 6.85 Å². The van der Waals surface area contributed by atoms with Crippen LogP contribution in [0.25, 0.3) is 55.3 Å². The van der Waals surface area contributed by atoms with E-state index in [1.165, 1.54) is 113 Å². The molecule has 332 valence electrons. The van der Waals surface area contributed by atoms with Gasteiger partial charge in [-0.1, -0.05) is 137 Å². The number of nitrogens with zero attached hydrogens (tertiary/aromatic N) is 2. The molecule has 0 bridgehead atoms. The van der Waals surface area contributed by atoms with Gasteiger partial charge in [0.2, 0.25) is 0 Å². The minimum Gasteiger partial charge on any atom is -0.456 e. The lowest BCUT2D eigenvalue weighted by Gasteiger charge is -2.46. The van der Waals surface area contributed by atoms with Crippen molar-refractivity contribution in [2.75, 3.05) is 9.71 Å². The van der Waals surface area contributed by atoms with E-state index in [9.17, 15) is 0 Å². The highest BCUT2D eigenvalue weighted by Crippen LogP contribution is 2.51. The highest BCUT2D eigenvalue weighted by Gasteiger charge is 2.46. The van der Waals surface area contributed by atoms with E-state index in [1.54, 1.807) is 0 Å². The molecule has 0 amide bonds. The number of anilines is 5. The van der Waals surface area contributed by atoms with Crippen LogP contribution in [0.1, 0.15) is 92.7 Å². The maximum absolute atomic E-state index is 6.83. The first-order valence-corrected chi connectivity index (χ1v) is 25.0. The summed E-state index contributed by atoms with van der Waals surface area (Å²) in [5.74, 6) is 0. The molecule has 8 aromatic carbocycles. The molecule has 3 nitrogen and oxygen atoms in total. The minimum absolute atomic E-state index is 0.122. The van der Waals surface area contributed by atoms with E-state index < -0.39 is 0 Å². The van der Waals surface area contributed by atoms with Gasteiger partial charge in [0.05, 0.1) is 5.69 Å².